The Kier molecular flexibility index (Phi) is 3.05. The first-order valence-corrected chi connectivity index (χ1v) is 5.27. The minimum Gasteiger partial charge on any atom is -0.399 e. The molecule has 0 aliphatic heterocycles. The van der Waals surface area contributed by atoms with E-state index >= 15 is 0 Å². The third-order valence-electron chi connectivity index (χ3n) is 2.57. The van der Waals surface area contributed by atoms with Gasteiger partial charge in [0, 0.05) is 28.9 Å². The van der Waals surface area contributed by atoms with Crippen molar-refractivity contribution in [3.63, 3.8) is 0 Å². The summed E-state index contributed by atoms with van der Waals surface area (Å²) >= 11 is 0. The quantitative estimate of drug-likeness (QED) is 0.374. The van der Waals surface area contributed by atoms with Gasteiger partial charge in [-0.05, 0) is 24.3 Å². The van der Waals surface area contributed by atoms with Crippen molar-refractivity contribution in [2.24, 2.45) is 0 Å². The standard InChI is InChI=1S/C13H11N3O2/c14-11-5-1-9(2-6-11)13(15)10-3-7-12(8-4-10)16(17)18/h1-8,15H,14H2. The minimum atomic E-state index is -0.462. The highest BCUT2D eigenvalue weighted by Crippen LogP contribution is 2.16. The van der Waals surface area contributed by atoms with E-state index < -0.39 is 4.92 Å². The molecule has 3 N–H and O–H groups in total. The van der Waals surface area contributed by atoms with Crippen LogP contribution in [0.2, 0.25) is 0 Å². The molecule has 0 atom stereocenters. The molecule has 0 radical (unpaired) electrons. The van der Waals surface area contributed by atoms with Crippen molar-refractivity contribution in [1.82, 2.24) is 0 Å². The molecule has 5 heteroatoms. The Labute approximate surface area is 104 Å². The van der Waals surface area contributed by atoms with E-state index in [1.165, 1.54) is 12.1 Å². The predicted molar refractivity (Wildman–Crippen MR) is 69.9 cm³/mol. The van der Waals surface area contributed by atoms with Crippen LogP contribution < -0.4 is 5.73 Å². The molecule has 18 heavy (non-hydrogen) atoms. The van der Waals surface area contributed by atoms with E-state index in [0.29, 0.717) is 17.0 Å². The molecule has 0 heterocycles. The molecule has 0 unspecified atom stereocenters. The van der Waals surface area contributed by atoms with Crippen molar-refractivity contribution >= 4 is 17.1 Å². The van der Waals surface area contributed by atoms with E-state index in [-0.39, 0.29) is 5.69 Å². The van der Waals surface area contributed by atoms with E-state index in [0.717, 1.165) is 5.56 Å². The fourth-order valence-corrected chi connectivity index (χ4v) is 1.57. The maximum atomic E-state index is 10.5. The summed E-state index contributed by atoms with van der Waals surface area (Å²) in [5.41, 5.74) is 7.89. The summed E-state index contributed by atoms with van der Waals surface area (Å²) in [7, 11) is 0. The van der Waals surface area contributed by atoms with Crippen molar-refractivity contribution in [2.45, 2.75) is 0 Å². The molecule has 5 nitrogen and oxygen atoms in total. The first-order chi connectivity index (χ1) is 8.58. The van der Waals surface area contributed by atoms with Crippen LogP contribution in [0.3, 0.4) is 0 Å². The molecule has 2 aromatic carbocycles. The van der Waals surface area contributed by atoms with Gasteiger partial charge in [-0.1, -0.05) is 12.1 Å². The lowest BCUT2D eigenvalue weighted by Gasteiger charge is -2.04. The lowest BCUT2D eigenvalue weighted by molar-refractivity contribution is -0.384. The maximum absolute atomic E-state index is 10.5. The SMILES string of the molecule is N=C(c1ccc(N)cc1)c1ccc([N+](=O)[O-])cc1. The number of nitro groups is 1. The van der Waals surface area contributed by atoms with Gasteiger partial charge in [0.15, 0.2) is 0 Å². The van der Waals surface area contributed by atoms with Gasteiger partial charge in [0.25, 0.3) is 5.69 Å². The lowest BCUT2D eigenvalue weighted by Crippen LogP contribution is -2.01. The van der Waals surface area contributed by atoms with E-state index in [1.54, 1.807) is 36.4 Å². The van der Waals surface area contributed by atoms with Gasteiger partial charge in [0.2, 0.25) is 0 Å². The number of nitrogen functional groups attached to an aromatic ring is 1. The van der Waals surface area contributed by atoms with Crippen molar-refractivity contribution < 1.29 is 4.92 Å². The molecule has 2 rings (SSSR count). The summed E-state index contributed by atoms with van der Waals surface area (Å²) < 4.78 is 0. The van der Waals surface area contributed by atoms with E-state index in [4.69, 9.17) is 11.1 Å². The van der Waals surface area contributed by atoms with Gasteiger partial charge < -0.3 is 5.73 Å². The molecular weight excluding hydrogens is 230 g/mol. The summed E-state index contributed by atoms with van der Waals surface area (Å²) in [5.74, 6) is 0. The molecule has 0 amide bonds. The molecule has 2 aromatic rings. The first-order valence-electron chi connectivity index (χ1n) is 5.27. The highest BCUT2D eigenvalue weighted by molar-refractivity contribution is 6.11. The normalized spacial score (nSPS) is 10.0. The summed E-state index contributed by atoms with van der Waals surface area (Å²) in [4.78, 5) is 10.1. The van der Waals surface area contributed by atoms with Gasteiger partial charge >= 0.3 is 0 Å². The van der Waals surface area contributed by atoms with Gasteiger partial charge in [-0.2, -0.15) is 0 Å². The molecule has 0 aliphatic carbocycles. The number of benzene rings is 2. The van der Waals surface area contributed by atoms with Gasteiger partial charge in [-0.25, -0.2) is 0 Å². The topological polar surface area (TPSA) is 93.0 Å². The zero-order chi connectivity index (χ0) is 13.1. The Hall–Kier alpha value is -2.69. The molecule has 0 aliphatic rings. The number of nitro benzene ring substituents is 1. The number of nitrogens with zero attached hydrogens (tertiary/aromatic N) is 1. The number of rotatable bonds is 3. The average Bonchev–Trinajstić information content (AvgIpc) is 2.39. The molecule has 0 fully saturated rings. The summed E-state index contributed by atoms with van der Waals surface area (Å²) in [5, 5.41) is 18.5. The van der Waals surface area contributed by atoms with Crippen LogP contribution in [0.1, 0.15) is 11.1 Å². The fourth-order valence-electron chi connectivity index (χ4n) is 1.57. The lowest BCUT2D eigenvalue weighted by atomic mass is 10.0. The zero-order valence-corrected chi connectivity index (χ0v) is 9.46. The molecule has 0 saturated heterocycles. The molecule has 0 saturated carbocycles. The summed E-state index contributed by atoms with van der Waals surface area (Å²) in [6, 6.07) is 12.8. The number of non-ortho nitro benzene ring substituents is 1. The number of nitrogens with two attached hydrogens (primary N) is 1. The Morgan fingerprint density at radius 2 is 1.44 bits per heavy atom. The molecule has 0 aromatic heterocycles. The number of hydrogen-bond acceptors (Lipinski definition) is 4. The van der Waals surface area contributed by atoms with Crippen LogP contribution in [0.4, 0.5) is 11.4 Å². The Bertz CT molecular complexity index is 589. The third kappa shape index (κ3) is 2.35. The second kappa shape index (κ2) is 4.67. The van der Waals surface area contributed by atoms with E-state index in [2.05, 4.69) is 0 Å². The van der Waals surface area contributed by atoms with Gasteiger partial charge in [-0.3, -0.25) is 15.5 Å². The fraction of sp³-hybridized carbons (Fsp3) is 0. The number of nitrogens with one attached hydrogen (secondary N) is 1. The number of hydrogen-bond donors (Lipinski definition) is 2. The van der Waals surface area contributed by atoms with Crippen LogP contribution in [0, 0.1) is 15.5 Å². The largest absolute Gasteiger partial charge is 0.399 e. The molecule has 0 spiro atoms. The third-order valence-corrected chi connectivity index (χ3v) is 2.57. The van der Waals surface area contributed by atoms with Crippen LogP contribution in [0.25, 0.3) is 0 Å². The monoisotopic (exact) mass is 241 g/mol. The Morgan fingerprint density at radius 1 is 1.00 bits per heavy atom. The Balaban J connectivity index is 2.28. The first kappa shape index (κ1) is 11.8. The summed E-state index contributed by atoms with van der Waals surface area (Å²) in [6.07, 6.45) is 0. The van der Waals surface area contributed by atoms with E-state index in [1.807, 2.05) is 0 Å². The van der Waals surface area contributed by atoms with Crippen LogP contribution in [-0.4, -0.2) is 10.6 Å². The highest BCUT2D eigenvalue weighted by Gasteiger charge is 2.08. The number of anilines is 1. The van der Waals surface area contributed by atoms with E-state index in [9.17, 15) is 10.1 Å². The van der Waals surface area contributed by atoms with Crippen molar-refractivity contribution in [2.75, 3.05) is 5.73 Å². The van der Waals surface area contributed by atoms with Crippen LogP contribution in [0.15, 0.2) is 48.5 Å². The highest BCUT2D eigenvalue weighted by atomic mass is 16.6. The average molecular weight is 241 g/mol. The Morgan fingerprint density at radius 3 is 1.89 bits per heavy atom. The van der Waals surface area contributed by atoms with Crippen molar-refractivity contribution in [1.29, 1.82) is 5.41 Å². The summed E-state index contributed by atoms with van der Waals surface area (Å²) in [6.45, 7) is 0. The van der Waals surface area contributed by atoms with Crippen LogP contribution in [-0.2, 0) is 0 Å². The van der Waals surface area contributed by atoms with Crippen LogP contribution in [0.5, 0.6) is 0 Å². The smallest absolute Gasteiger partial charge is 0.269 e. The predicted octanol–water partition coefficient (Wildman–Crippen LogP) is 2.59. The maximum Gasteiger partial charge on any atom is 0.269 e. The second-order valence-corrected chi connectivity index (χ2v) is 3.80. The second-order valence-electron chi connectivity index (χ2n) is 3.80. The van der Waals surface area contributed by atoms with Crippen molar-refractivity contribution in [3.05, 3.63) is 69.8 Å². The van der Waals surface area contributed by atoms with Crippen LogP contribution >= 0.6 is 0 Å². The minimum absolute atomic E-state index is 0.0175. The van der Waals surface area contributed by atoms with Gasteiger partial charge in [0.05, 0.1) is 10.6 Å². The molecule has 90 valence electrons. The zero-order valence-electron chi connectivity index (χ0n) is 9.46. The molecular formula is C13H11N3O2. The van der Waals surface area contributed by atoms with Gasteiger partial charge in [0.1, 0.15) is 0 Å². The van der Waals surface area contributed by atoms with Gasteiger partial charge in [-0.15, -0.1) is 0 Å². The van der Waals surface area contributed by atoms with Crippen molar-refractivity contribution in [3.8, 4) is 0 Å². The molecule has 0 bridgehead atoms.